The van der Waals surface area contributed by atoms with Crippen LogP contribution in [0.2, 0.25) is 5.02 Å². The first-order chi connectivity index (χ1) is 18.3. The molecular formula is C27H33ClFN3O7. The molecule has 10 nitrogen and oxygen atoms in total. The first kappa shape index (κ1) is 29.0. The Morgan fingerprint density at radius 3 is 2.46 bits per heavy atom. The van der Waals surface area contributed by atoms with Crippen molar-refractivity contribution in [3.05, 3.63) is 44.7 Å². The molecule has 0 unspecified atom stereocenters. The number of likely N-dealkylation sites (N-methyl/N-ethyl adjacent to an activating group) is 1. The van der Waals surface area contributed by atoms with E-state index in [0.717, 1.165) is 6.42 Å². The Labute approximate surface area is 230 Å². The molecule has 1 saturated carbocycles. The number of aromatic hydroxyl groups is 1. The van der Waals surface area contributed by atoms with Gasteiger partial charge in [-0.05, 0) is 63.0 Å². The number of hydrogen-bond acceptors (Lipinski definition) is 9. The van der Waals surface area contributed by atoms with E-state index < -0.39 is 64.7 Å². The number of carbonyl (C=O) groups is 3. The number of primary amides is 1. The number of carbonyl (C=O) groups excluding carboxylic acids is 3. The van der Waals surface area contributed by atoms with Gasteiger partial charge in [0, 0.05) is 29.6 Å². The van der Waals surface area contributed by atoms with Crippen LogP contribution in [0, 0.1) is 11.8 Å². The van der Waals surface area contributed by atoms with Gasteiger partial charge in [0.05, 0.1) is 11.6 Å². The molecule has 0 saturated heterocycles. The Bertz CT molecular complexity index is 1300. The van der Waals surface area contributed by atoms with Crippen LogP contribution in [0.25, 0.3) is 5.76 Å². The average Bonchev–Trinajstić information content (AvgIpc) is 2.84. The van der Waals surface area contributed by atoms with Crippen LogP contribution in [0.15, 0.2) is 23.0 Å². The van der Waals surface area contributed by atoms with Gasteiger partial charge in [-0.25, -0.2) is 4.39 Å². The summed E-state index contributed by atoms with van der Waals surface area (Å²) in [5.41, 5.74) is 2.36. The zero-order chi connectivity index (χ0) is 29.0. The number of Topliss-reactive ketones (excluding diaryl/α,β-unsaturated/α-hetero) is 2. The van der Waals surface area contributed by atoms with Gasteiger partial charge >= 0.3 is 0 Å². The summed E-state index contributed by atoms with van der Waals surface area (Å²) in [5, 5.41) is 44.9. The van der Waals surface area contributed by atoms with Gasteiger partial charge in [-0.1, -0.05) is 18.5 Å². The lowest BCUT2D eigenvalue weighted by molar-refractivity contribution is -0.153. The zero-order valence-electron chi connectivity index (χ0n) is 22.0. The number of rotatable bonds is 8. The molecule has 1 aromatic carbocycles. The van der Waals surface area contributed by atoms with Gasteiger partial charge in [0.25, 0.3) is 5.91 Å². The summed E-state index contributed by atoms with van der Waals surface area (Å²) in [5.74, 6) is -7.18. The number of aliphatic hydroxyl groups excluding tert-OH is 2. The molecule has 3 aliphatic carbocycles. The predicted octanol–water partition coefficient (Wildman–Crippen LogP) is 1.80. The fraction of sp³-hybridized carbons (Fsp3) is 0.519. The van der Waals surface area contributed by atoms with E-state index in [9.17, 15) is 39.2 Å². The molecule has 39 heavy (non-hydrogen) atoms. The Balaban J connectivity index is 1.87. The van der Waals surface area contributed by atoms with Crippen molar-refractivity contribution in [2.75, 3.05) is 33.9 Å². The lowest BCUT2D eigenvalue weighted by Gasteiger charge is -2.50. The molecule has 0 bridgehead atoms. The van der Waals surface area contributed by atoms with E-state index in [1.165, 1.54) is 25.1 Å². The number of benzene rings is 1. The summed E-state index contributed by atoms with van der Waals surface area (Å²) in [4.78, 5) is 42.4. The van der Waals surface area contributed by atoms with Crippen molar-refractivity contribution in [3.63, 3.8) is 0 Å². The van der Waals surface area contributed by atoms with Crippen LogP contribution in [0.5, 0.6) is 5.75 Å². The SMILES string of the molecule is CCCN(CCF)Cc1cc(O)c2c(c1Cl)C[C@H]1C[C@H]3[C@H](N(C)C)C(=O)C(C(N)=O)=C(O)[C@@]3(O)C(=O)C1=C2O. The summed E-state index contributed by atoms with van der Waals surface area (Å²) in [6.45, 7) is 2.44. The highest BCUT2D eigenvalue weighted by Gasteiger charge is 2.64. The standard InChI is InChI=1S/C27H33ClFN3O7/c1-4-6-32(7-5-29)11-13-10-16(33)18-14(20(13)28)8-12-9-15-21(31(2)3)23(35)19(26(30)38)25(37)27(15,39)24(36)17(12)22(18)34/h10,12,15,21,33-34,37,39H,4-9,11H2,1-3H3,(H2,30,38)/t12-,15-,21-,27-/m0/s1. The third kappa shape index (κ3) is 4.41. The second-order valence-electron chi connectivity index (χ2n) is 10.6. The van der Waals surface area contributed by atoms with Crippen molar-refractivity contribution in [3.8, 4) is 5.75 Å². The minimum Gasteiger partial charge on any atom is -0.508 e. The summed E-state index contributed by atoms with van der Waals surface area (Å²) >= 11 is 6.76. The topological polar surface area (TPSA) is 165 Å². The molecule has 0 aromatic heterocycles. The number of ketones is 2. The maximum Gasteiger partial charge on any atom is 0.255 e. The number of hydrogen-bond donors (Lipinski definition) is 5. The predicted molar refractivity (Wildman–Crippen MR) is 141 cm³/mol. The maximum atomic E-state index is 13.8. The van der Waals surface area contributed by atoms with Crippen LogP contribution < -0.4 is 5.73 Å². The minimum absolute atomic E-state index is 0.0309. The number of fused-ring (bicyclic) bond motifs is 3. The Kier molecular flexibility index (Phi) is 7.83. The van der Waals surface area contributed by atoms with Crippen LogP contribution in [0.1, 0.15) is 36.5 Å². The van der Waals surface area contributed by atoms with Gasteiger partial charge in [0.2, 0.25) is 5.78 Å². The quantitative estimate of drug-likeness (QED) is 0.295. The number of phenols is 1. The third-order valence-corrected chi connectivity index (χ3v) is 8.53. The number of aliphatic hydroxyl groups is 3. The summed E-state index contributed by atoms with van der Waals surface area (Å²) in [6.07, 6.45) is 0.836. The molecule has 4 atom stereocenters. The molecule has 6 N–H and O–H groups in total. The van der Waals surface area contributed by atoms with E-state index >= 15 is 0 Å². The van der Waals surface area contributed by atoms with Gasteiger partial charge in [-0.2, -0.15) is 0 Å². The van der Waals surface area contributed by atoms with Gasteiger partial charge < -0.3 is 26.2 Å². The fourth-order valence-corrected chi connectivity index (χ4v) is 6.69. The number of nitrogens with two attached hydrogens (primary N) is 1. The van der Waals surface area contributed by atoms with Crippen molar-refractivity contribution in [1.82, 2.24) is 9.80 Å². The molecule has 1 fully saturated rings. The molecular weight excluding hydrogens is 533 g/mol. The van der Waals surface area contributed by atoms with E-state index in [0.29, 0.717) is 17.7 Å². The van der Waals surface area contributed by atoms with E-state index in [1.807, 2.05) is 11.8 Å². The smallest absolute Gasteiger partial charge is 0.255 e. The van der Waals surface area contributed by atoms with Crippen LogP contribution in [-0.2, 0) is 27.3 Å². The summed E-state index contributed by atoms with van der Waals surface area (Å²) < 4.78 is 13.1. The molecule has 1 amide bonds. The van der Waals surface area contributed by atoms with Crippen molar-refractivity contribution in [2.45, 2.75) is 44.4 Å². The molecule has 3 aliphatic rings. The molecule has 0 radical (unpaired) electrons. The normalized spacial score (nSPS) is 26.7. The average molecular weight is 566 g/mol. The van der Waals surface area contributed by atoms with Crippen molar-refractivity contribution in [2.24, 2.45) is 17.6 Å². The largest absolute Gasteiger partial charge is 0.508 e. The maximum absolute atomic E-state index is 13.8. The van der Waals surface area contributed by atoms with Crippen molar-refractivity contribution < 1.29 is 39.2 Å². The molecule has 1 aromatic rings. The highest BCUT2D eigenvalue weighted by atomic mass is 35.5. The molecule has 4 rings (SSSR count). The Hall–Kier alpha value is -2.99. The first-order valence-electron chi connectivity index (χ1n) is 12.8. The Morgan fingerprint density at radius 2 is 1.90 bits per heavy atom. The van der Waals surface area contributed by atoms with Crippen molar-refractivity contribution in [1.29, 1.82) is 0 Å². The summed E-state index contributed by atoms with van der Waals surface area (Å²) in [6, 6.07) is 0.189. The number of nitrogens with zero attached hydrogens (tertiary/aromatic N) is 2. The third-order valence-electron chi connectivity index (χ3n) is 8.06. The zero-order valence-corrected chi connectivity index (χ0v) is 22.8. The summed E-state index contributed by atoms with van der Waals surface area (Å²) in [7, 11) is 3.07. The fourth-order valence-electron chi connectivity index (χ4n) is 6.41. The lowest BCUT2D eigenvalue weighted by Crippen LogP contribution is -2.65. The van der Waals surface area contributed by atoms with Crippen LogP contribution in [0.4, 0.5) is 4.39 Å². The second kappa shape index (κ2) is 10.5. The molecule has 0 heterocycles. The van der Waals surface area contributed by atoms with Gasteiger partial charge in [0.15, 0.2) is 11.4 Å². The monoisotopic (exact) mass is 565 g/mol. The van der Waals surface area contributed by atoms with Gasteiger partial charge in [0.1, 0.15) is 29.5 Å². The molecule has 0 spiro atoms. The van der Waals surface area contributed by atoms with E-state index in [2.05, 4.69) is 0 Å². The molecule has 0 aliphatic heterocycles. The van der Waals surface area contributed by atoms with Crippen LogP contribution in [0.3, 0.4) is 0 Å². The van der Waals surface area contributed by atoms with Gasteiger partial charge in [-0.3, -0.25) is 24.2 Å². The van der Waals surface area contributed by atoms with Crippen LogP contribution in [-0.4, -0.2) is 93.2 Å². The molecule has 212 valence electrons. The number of alkyl halides is 1. The van der Waals surface area contributed by atoms with E-state index in [1.54, 1.807) is 0 Å². The van der Waals surface area contributed by atoms with Crippen molar-refractivity contribution >= 4 is 34.8 Å². The van der Waals surface area contributed by atoms with Crippen LogP contribution >= 0.6 is 11.6 Å². The number of amides is 1. The van der Waals surface area contributed by atoms with Gasteiger partial charge in [-0.15, -0.1) is 0 Å². The minimum atomic E-state index is -2.70. The lowest BCUT2D eigenvalue weighted by atomic mass is 9.57. The molecule has 12 heteroatoms. The second-order valence-corrected chi connectivity index (χ2v) is 11.0. The first-order valence-corrected chi connectivity index (χ1v) is 13.1. The number of halogens is 2. The highest BCUT2D eigenvalue weighted by Crippen LogP contribution is 2.53. The highest BCUT2D eigenvalue weighted by molar-refractivity contribution is 6.32. The Morgan fingerprint density at radius 1 is 1.23 bits per heavy atom. The van der Waals surface area contributed by atoms with E-state index in [-0.39, 0.29) is 47.8 Å². The number of phenolic OH excluding ortho intramolecular Hbond substituents is 1. The van der Waals surface area contributed by atoms with E-state index in [4.69, 9.17) is 17.3 Å².